The number of pyridine rings is 1. The summed E-state index contributed by atoms with van der Waals surface area (Å²) in [5.41, 5.74) is 0.551. The second kappa shape index (κ2) is 8.98. The Labute approximate surface area is 155 Å². The number of nitrogens with zero attached hydrogens (tertiary/aromatic N) is 2. The van der Waals surface area contributed by atoms with E-state index >= 15 is 0 Å². The maximum atomic E-state index is 11.7. The Morgan fingerprint density at radius 2 is 1.96 bits per heavy atom. The minimum absolute atomic E-state index is 0.124. The Morgan fingerprint density at radius 3 is 2.50 bits per heavy atom. The molecule has 2 rings (SSSR count). The van der Waals surface area contributed by atoms with E-state index in [-0.39, 0.29) is 5.97 Å². The van der Waals surface area contributed by atoms with Crippen LogP contribution in [-0.4, -0.2) is 47.7 Å². The molecule has 0 radical (unpaired) electrons. The summed E-state index contributed by atoms with van der Waals surface area (Å²) in [5, 5.41) is 2.63. The lowest BCUT2D eigenvalue weighted by Crippen LogP contribution is -2.34. The molecule has 1 aliphatic rings. The molecule has 0 unspecified atom stereocenters. The molecule has 0 atom stereocenters. The van der Waals surface area contributed by atoms with Gasteiger partial charge in [0.15, 0.2) is 0 Å². The standard InChI is InChI=1S/C19H29N3O4/c1-19(2,3)26-18(24)21-16-6-5-15(12-20-16)13-22-9-7-14(8-10-22)11-17(23)25-4/h5-6,12,14H,7-11,13H2,1-4H3,(H,20,21,24). The van der Waals surface area contributed by atoms with Crippen LogP contribution in [0.2, 0.25) is 0 Å². The average Bonchev–Trinajstić information content (AvgIpc) is 2.56. The maximum absolute atomic E-state index is 11.7. The molecule has 1 aromatic rings. The molecule has 0 aliphatic carbocycles. The van der Waals surface area contributed by atoms with Crippen LogP contribution in [0.5, 0.6) is 0 Å². The predicted octanol–water partition coefficient (Wildman–Crippen LogP) is 3.20. The zero-order chi connectivity index (χ0) is 19.2. The quantitative estimate of drug-likeness (QED) is 0.809. The van der Waals surface area contributed by atoms with Gasteiger partial charge in [-0.25, -0.2) is 9.78 Å². The molecule has 0 saturated carbocycles. The topological polar surface area (TPSA) is 80.8 Å². The van der Waals surface area contributed by atoms with E-state index in [0.717, 1.165) is 38.0 Å². The first-order valence-corrected chi connectivity index (χ1v) is 8.99. The molecule has 2 heterocycles. The number of piperidine rings is 1. The number of methoxy groups -OCH3 is 1. The predicted molar refractivity (Wildman–Crippen MR) is 98.7 cm³/mol. The van der Waals surface area contributed by atoms with Gasteiger partial charge < -0.3 is 9.47 Å². The molecule has 1 saturated heterocycles. The molecule has 144 valence electrons. The summed E-state index contributed by atoms with van der Waals surface area (Å²) >= 11 is 0. The third-order valence-electron chi connectivity index (χ3n) is 4.25. The van der Waals surface area contributed by atoms with E-state index in [1.165, 1.54) is 7.11 Å². The zero-order valence-electron chi connectivity index (χ0n) is 16.1. The van der Waals surface area contributed by atoms with Crippen molar-refractivity contribution in [1.82, 2.24) is 9.88 Å². The zero-order valence-corrected chi connectivity index (χ0v) is 16.1. The number of amides is 1. The fraction of sp³-hybridized carbons (Fsp3) is 0.632. The summed E-state index contributed by atoms with van der Waals surface area (Å²) in [7, 11) is 1.44. The van der Waals surface area contributed by atoms with Gasteiger partial charge >= 0.3 is 12.1 Å². The number of ether oxygens (including phenoxy) is 2. The molecular weight excluding hydrogens is 334 g/mol. The van der Waals surface area contributed by atoms with Crippen molar-refractivity contribution in [2.45, 2.75) is 52.2 Å². The van der Waals surface area contributed by atoms with Gasteiger partial charge in [-0.3, -0.25) is 15.0 Å². The Morgan fingerprint density at radius 1 is 1.27 bits per heavy atom. The number of hydrogen-bond donors (Lipinski definition) is 1. The van der Waals surface area contributed by atoms with Crippen molar-refractivity contribution in [2.24, 2.45) is 5.92 Å². The van der Waals surface area contributed by atoms with E-state index in [0.29, 0.717) is 18.2 Å². The van der Waals surface area contributed by atoms with Crippen molar-refractivity contribution in [3.05, 3.63) is 23.9 Å². The van der Waals surface area contributed by atoms with E-state index in [9.17, 15) is 9.59 Å². The summed E-state index contributed by atoms with van der Waals surface area (Å²) in [6.07, 6.45) is 3.77. The van der Waals surface area contributed by atoms with Crippen LogP contribution in [0.1, 0.15) is 45.6 Å². The molecule has 1 N–H and O–H groups in total. The van der Waals surface area contributed by atoms with Gasteiger partial charge in [-0.2, -0.15) is 0 Å². The molecule has 7 nitrogen and oxygen atoms in total. The normalized spacial score (nSPS) is 16.2. The van der Waals surface area contributed by atoms with Crippen LogP contribution in [0.4, 0.5) is 10.6 Å². The highest BCUT2D eigenvalue weighted by molar-refractivity contribution is 5.83. The maximum Gasteiger partial charge on any atom is 0.413 e. The third-order valence-corrected chi connectivity index (χ3v) is 4.25. The lowest BCUT2D eigenvalue weighted by Gasteiger charge is -2.31. The van der Waals surface area contributed by atoms with Gasteiger partial charge in [0.1, 0.15) is 11.4 Å². The molecule has 1 amide bonds. The van der Waals surface area contributed by atoms with Crippen molar-refractivity contribution in [2.75, 3.05) is 25.5 Å². The van der Waals surface area contributed by atoms with Crippen molar-refractivity contribution >= 4 is 17.9 Å². The molecular formula is C19H29N3O4. The molecule has 1 aromatic heterocycles. The number of nitrogens with one attached hydrogen (secondary N) is 1. The highest BCUT2D eigenvalue weighted by Crippen LogP contribution is 2.22. The van der Waals surface area contributed by atoms with Crippen LogP contribution in [0.3, 0.4) is 0 Å². The van der Waals surface area contributed by atoms with Gasteiger partial charge in [0.2, 0.25) is 0 Å². The Hall–Kier alpha value is -2.15. The molecule has 1 aliphatic heterocycles. The minimum Gasteiger partial charge on any atom is -0.469 e. The third kappa shape index (κ3) is 7.00. The van der Waals surface area contributed by atoms with Crippen LogP contribution in [0.15, 0.2) is 18.3 Å². The largest absolute Gasteiger partial charge is 0.469 e. The fourth-order valence-corrected chi connectivity index (χ4v) is 2.93. The van der Waals surface area contributed by atoms with Gasteiger partial charge in [-0.05, 0) is 64.3 Å². The number of rotatable bonds is 5. The number of hydrogen-bond acceptors (Lipinski definition) is 6. The molecule has 0 bridgehead atoms. The lowest BCUT2D eigenvalue weighted by atomic mass is 9.93. The second-order valence-electron chi connectivity index (χ2n) is 7.68. The summed E-state index contributed by atoms with van der Waals surface area (Å²) in [4.78, 5) is 29.7. The van der Waals surface area contributed by atoms with Gasteiger partial charge in [0.25, 0.3) is 0 Å². The number of carbonyl (C=O) groups is 2. The van der Waals surface area contributed by atoms with Gasteiger partial charge in [0, 0.05) is 19.2 Å². The summed E-state index contributed by atoms with van der Waals surface area (Å²) in [5.74, 6) is 0.762. The number of carbonyl (C=O) groups excluding carboxylic acids is 2. The number of esters is 1. The molecule has 7 heteroatoms. The average molecular weight is 363 g/mol. The van der Waals surface area contributed by atoms with Crippen LogP contribution in [0.25, 0.3) is 0 Å². The summed E-state index contributed by atoms with van der Waals surface area (Å²) < 4.78 is 9.95. The van der Waals surface area contributed by atoms with Crippen molar-refractivity contribution in [1.29, 1.82) is 0 Å². The fourth-order valence-electron chi connectivity index (χ4n) is 2.93. The highest BCUT2D eigenvalue weighted by Gasteiger charge is 2.22. The van der Waals surface area contributed by atoms with E-state index in [4.69, 9.17) is 9.47 Å². The van der Waals surface area contributed by atoms with Crippen LogP contribution in [0, 0.1) is 5.92 Å². The molecule has 1 fully saturated rings. The Balaban J connectivity index is 1.77. The highest BCUT2D eigenvalue weighted by atomic mass is 16.6. The number of anilines is 1. The van der Waals surface area contributed by atoms with Crippen LogP contribution in [-0.2, 0) is 20.8 Å². The van der Waals surface area contributed by atoms with Crippen LogP contribution < -0.4 is 5.32 Å². The van der Waals surface area contributed by atoms with E-state index < -0.39 is 11.7 Å². The molecule has 26 heavy (non-hydrogen) atoms. The van der Waals surface area contributed by atoms with E-state index in [1.807, 2.05) is 26.8 Å². The summed E-state index contributed by atoms with van der Waals surface area (Å²) in [6.45, 7) is 8.18. The monoisotopic (exact) mass is 363 g/mol. The van der Waals surface area contributed by atoms with Crippen molar-refractivity contribution < 1.29 is 19.1 Å². The van der Waals surface area contributed by atoms with Gasteiger partial charge in [0.05, 0.1) is 7.11 Å². The van der Waals surface area contributed by atoms with Crippen molar-refractivity contribution in [3.8, 4) is 0 Å². The Kier molecular flexibility index (Phi) is 6.97. The first-order chi connectivity index (χ1) is 12.2. The number of likely N-dealkylation sites (tertiary alicyclic amines) is 1. The number of aromatic nitrogens is 1. The van der Waals surface area contributed by atoms with Gasteiger partial charge in [-0.15, -0.1) is 0 Å². The molecule has 0 spiro atoms. The van der Waals surface area contributed by atoms with Crippen LogP contribution >= 0.6 is 0 Å². The van der Waals surface area contributed by atoms with E-state index in [1.54, 1.807) is 12.3 Å². The smallest absolute Gasteiger partial charge is 0.413 e. The Bertz CT molecular complexity index is 602. The first-order valence-electron chi connectivity index (χ1n) is 8.99. The van der Waals surface area contributed by atoms with E-state index in [2.05, 4.69) is 15.2 Å². The lowest BCUT2D eigenvalue weighted by molar-refractivity contribution is -0.142. The summed E-state index contributed by atoms with van der Waals surface area (Å²) in [6, 6.07) is 3.74. The second-order valence-corrected chi connectivity index (χ2v) is 7.68. The molecule has 0 aromatic carbocycles. The van der Waals surface area contributed by atoms with Gasteiger partial charge in [-0.1, -0.05) is 6.07 Å². The minimum atomic E-state index is -0.538. The SMILES string of the molecule is COC(=O)CC1CCN(Cc2ccc(NC(=O)OC(C)(C)C)nc2)CC1. The first kappa shape index (κ1) is 20.2. The van der Waals surface area contributed by atoms with Crippen molar-refractivity contribution in [3.63, 3.8) is 0 Å².